The molecule has 8 heteroatoms. The normalized spacial score (nSPS) is 17.2. The second-order valence-corrected chi connectivity index (χ2v) is 4.35. The lowest BCUT2D eigenvalue weighted by Gasteiger charge is -2.18. The van der Waals surface area contributed by atoms with E-state index in [1.165, 1.54) is 12.1 Å². The number of hydrogen-bond donors (Lipinski definition) is 1. The van der Waals surface area contributed by atoms with Crippen LogP contribution in [0.25, 0.3) is 0 Å². The van der Waals surface area contributed by atoms with Crippen molar-refractivity contribution in [3.8, 4) is 11.8 Å². The van der Waals surface area contributed by atoms with E-state index in [9.17, 15) is 18.0 Å². The van der Waals surface area contributed by atoms with E-state index in [0.717, 1.165) is 12.1 Å². The van der Waals surface area contributed by atoms with Crippen molar-refractivity contribution >= 4 is 5.78 Å². The summed E-state index contributed by atoms with van der Waals surface area (Å²) in [6, 6.07) is 6.18. The molecule has 0 atom stereocenters. The van der Waals surface area contributed by atoms with Crippen LogP contribution in [0.5, 0.6) is 5.75 Å². The van der Waals surface area contributed by atoms with Gasteiger partial charge < -0.3 is 14.8 Å². The Morgan fingerprint density at radius 1 is 1.32 bits per heavy atom. The molecule has 116 valence electrons. The van der Waals surface area contributed by atoms with Crippen LogP contribution in [-0.4, -0.2) is 31.9 Å². The molecule has 0 unspecified atom stereocenters. The van der Waals surface area contributed by atoms with Crippen molar-refractivity contribution < 1.29 is 27.4 Å². The van der Waals surface area contributed by atoms with Crippen LogP contribution in [0.2, 0.25) is 0 Å². The smallest absolute Gasteiger partial charge is 0.406 e. The van der Waals surface area contributed by atoms with Crippen LogP contribution < -0.4 is 10.1 Å². The molecule has 5 nitrogen and oxygen atoms in total. The Kier molecular flexibility index (Phi) is 4.68. The number of nitriles is 1. The molecule has 1 aromatic rings. The van der Waals surface area contributed by atoms with Gasteiger partial charge in [-0.15, -0.1) is 13.2 Å². The van der Waals surface area contributed by atoms with Gasteiger partial charge in [-0.1, -0.05) is 0 Å². The predicted octanol–water partition coefficient (Wildman–Crippen LogP) is 2.17. The Morgan fingerprint density at radius 3 is 2.50 bits per heavy atom. The predicted molar refractivity (Wildman–Crippen MR) is 68.9 cm³/mol. The maximum absolute atomic E-state index is 12.2. The Bertz CT molecular complexity index is 622. The number of ether oxygens (including phenoxy) is 2. The zero-order valence-electron chi connectivity index (χ0n) is 11.2. The maximum atomic E-state index is 12.2. The molecule has 0 bridgehead atoms. The fourth-order valence-corrected chi connectivity index (χ4v) is 1.87. The van der Waals surface area contributed by atoms with Crippen LogP contribution in [0.1, 0.15) is 10.4 Å². The van der Waals surface area contributed by atoms with Crippen LogP contribution in [-0.2, 0) is 4.74 Å². The average Bonchev–Trinajstić information content (AvgIpc) is 2.48. The SMILES string of the molecule is N#CC(C(=O)c1ccc(OC(F)(F)F)cc1)=C1COCCN1. The molecule has 1 heterocycles. The van der Waals surface area contributed by atoms with E-state index < -0.39 is 17.9 Å². The summed E-state index contributed by atoms with van der Waals surface area (Å²) in [6.07, 6.45) is -4.80. The van der Waals surface area contributed by atoms with Crippen molar-refractivity contribution in [3.63, 3.8) is 0 Å². The molecule has 0 amide bonds. The fourth-order valence-electron chi connectivity index (χ4n) is 1.87. The number of nitrogens with one attached hydrogen (secondary N) is 1. The quantitative estimate of drug-likeness (QED) is 0.526. The number of alkyl halides is 3. The highest BCUT2D eigenvalue weighted by molar-refractivity contribution is 6.11. The van der Waals surface area contributed by atoms with Gasteiger partial charge in [-0.05, 0) is 24.3 Å². The monoisotopic (exact) mass is 312 g/mol. The molecule has 0 aromatic heterocycles. The van der Waals surface area contributed by atoms with E-state index in [0.29, 0.717) is 18.8 Å². The topological polar surface area (TPSA) is 71.4 Å². The summed E-state index contributed by atoms with van der Waals surface area (Å²) < 4.78 is 45.1. The number of benzene rings is 1. The van der Waals surface area contributed by atoms with Crippen molar-refractivity contribution in [2.45, 2.75) is 6.36 Å². The molecule has 22 heavy (non-hydrogen) atoms. The number of carbonyl (C=O) groups is 1. The lowest BCUT2D eigenvalue weighted by molar-refractivity contribution is -0.274. The number of ketones is 1. The number of Topliss-reactive ketones (excluding diaryl/α,β-unsaturated/α-hetero) is 1. The van der Waals surface area contributed by atoms with Gasteiger partial charge in [0.15, 0.2) is 0 Å². The molecular formula is C14H11F3N2O3. The Balaban J connectivity index is 2.20. The molecule has 0 saturated carbocycles. The maximum Gasteiger partial charge on any atom is 0.573 e. The molecule has 1 fully saturated rings. The summed E-state index contributed by atoms with van der Waals surface area (Å²) in [7, 11) is 0. The molecule has 1 saturated heterocycles. The van der Waals surface area contributed by atoms with Gasteiger partial charge in [0.1, 0.15) is 17.4 Å². The molecule has 1 aliphatic heterocycles. The van der Waals surface area contributed by atoms with Gasteiger partial charge in [-0.25, -0.2) is 0 Å². The third-order valence-corrected chi connectivity index (χ3v) is 2.82. The number of hydrogen-bond acceptors (Lipinski definition) is 5. The Labute approximate surface area is 123 Å². The number of rotatable bonds is 3. The summed E-state index contributed by atoms with van der Waals surface area (Å²) in [5, 5.41) is 12.0. The standard InChI is InChI=1S/C14H11F3N2O3/c15-14(16,17)22-10-3-1-9(2-4-10)13(20)11(7-18)12-8-21-6-5-19-12/h1-4,19H,5-6,8H2. The van der Waals surface area contributed by atoms with Gasteiger partial charge in [0.05, 0.1) is 18.9 Å². The van der Waals surface area contributed by atoms with E-state index >= 15 is 0 Å². The zero-order valence-corrected chi connectivity index (χ0v) is 11.2. The summed E-state index contributed by atoms with van der Waals surface area (Å²) in [5.41, 5.74) is 0.338. The summed E-state index contributed by atoms with van der Waals surface area (Å²) in [4.78, 5) is 12.2. The van der Waals surface area contributed by atoms with E-state index in [1.807, 2.05) is 0 Å². The number of morpholine rings is 1. The minimum Gasteiger partial charge on any atom is -0.406 e. The fraction of sp³-hybridized carbons (Fsp3) is 0.286. The first-order valence-electron chi connectivity index (χ1n) is 6.26. The minimum atomic E-state index is -4.80. The number of carbonyl (C=O) groups excluding carboxylic acids is 1. The van der Waals surface area contributed by atoms with Crippen LogP contribution in [0, 0.1) is 11.3 Å². The van der Waals surface area contributed by atoms with E-state index in [2.05, 4.69) is 10.1 Å². The second-order valence-electron chi connectivity index (χ2n) is 4.35. The van der Waals surface area contributed by atoms with Gasteiger partial charge >= 0.3 is 6.36 Å². The third kappa shape index (κ3) is 3.99. The number of allylic oxidation sites excluding steroid dienone is 1. The Morgan fingerprint density at radius 2 is 2.00 bits per heavy atom. The third-order valence-electron chi connectivity index (χ3n) is 2.82. The highest BCUT2D eigenvalue weighted by atomic mass is 19.4. The van der Waals surface area contributed by atoms with E-state index in [-0.39, 0.29) is 17.7 Å². The van der Waals surface area contributed by atoms with Crippen molar-refractivity contribution in [2.75, 3.05) is 19.8 Å². The van der Waals surface area contributed by atoms with Crippen LogP contribution in [0.15, 0.2) is 35.5 Å². The van der Waals surface area contributed by atoms with Crippen molar-refractivity contribution in [1.29, 1.82) is 5.26 Å². The average molecular weight is 312 g/mol. The highest BCUT2D eigenvalue weighted by Gasteiger charge is 2.31. The first-order chi connectivity index (χ1) is 10.4. The van der Waals surface area contributed by atoms with Crippen molar-refractivity contribution in [2.24, 2.45) is 0 Å². The molecule has 1 N–H and O–H groups in total. The Hall–Kier alpha value is -2.53. The van der Waals surface area contributed by atoms with Gasteiger partial charge in [0, 0.05) is 12.1 Å². The molecule has 0 aliphatic carbocycles. The van der Waals surface area contributed by atoms with Crippen molar-refractivity contribution in [1.82, 2.24) is 5.32 Å². The highest BCUT2D eigenvalue weighted by Crippen LogP contribution is 2.23. The van der Waals surface area contributed by atoms with Crippen molar-refractivity contribution in [3.05, 3.63) is 41.1 Å². The second kappa shape index (κ2) is 6.49. The first-order valence-corrected chi connectivity index (χ1v) is 6.26. The summed E-state index contributed by atoms with van der Waals surface area (Å²) in [5.74, 6) is -1.02. The van der Waals surface area contributed by atoms with E-state index in [4.69, 9.17) is 10.00 Å². The van der Waals surface area contributed by atoms with Crippen LogP contribution >= 0.6 is 0 Å². The lowest BCUT2D eigenvalue weighted by Crippen LogP contribution is -2.31. The van der Waals surface area contributed by atoms with Crippen LogP contribution in [0.4, 0.5) is 13.2 Å². The molecule has 1 aliphatic rings. The van der Waals surface area contributed by atoms with Gasteiger partial charge in [-0.3, -0.25) is 4.79 Å². The minimum absolute atomic E-state index is 0.0888. The molecular weight excluding hydrogens is 301 g/mol. The zero-order chi connectivity index (χ0) is 16.2. The van der Waals surface area contributed by atoms with Crippen LogP contribution in [0.3, 0.4) is 0 Å². The molecule has 0 spiro atoms. The van der Waals surface area contributed by atoms with E-state index in [1.54, 1.807) is 6.07 Å². The summed E-state index contributed by atoms with van der Waals surface area (Å²) in [6.45, 7) is 1.07. The first kappa shape index (κ1) is 15.9. The van der Waals surface area contributed by atoms with Gasteiger partial charge in [-0.2, -0.15) is 5.26 Å². The van der Waals surface area contributed by atoms with Gasteiger partial charge in [0.25, 0.3) is 0 Å². The number of halogens is 3. The number of nitrogens with zero attached hydrogens (tertiary/aromatic N) is 1. The molecule has 1 aromatic carbocycles. The largest absolute Gasteiger partial charge is 0.573 e. The molecule has 0 radical (unpaired) electrons. The summed E-state index contributed by atoms with van der Waals surface area (Å²) >= 11 is 0. The lowest BCUT2D eigenvalue weighted by atomic mass is 10.0. The van der Waals surface area contributed by atoms with Gasteiger partial charge in [0.2, 0.25) is 5.78 Å². The molecule has 2 rings (SSSR count).